The van der Waals surface area contributed by atoms with Gasteiger partial charge in [0.25, 0.3) is 5.91 Å². The Balaban J connectivity index is 1.48. The quantitative estimate of drug-likeness (QED) is 0.501. The Kier molecular flexibility index (Phi) is 4.50. The van der Waals surface area contributed by atoms with Gasteiger partial charge in [-0.3, -0.25) is 9.89 Å². The fourth-order valence-electron chi connectivity index (χ4n) is 3.55. The van der Waals surface area contributed by atoms with Gasteiger partial charge in [0.2, 0.25) is 0 Å². The normalized spacial score (nSPS) is 11.0. The van der Waals surface area contributed by atoms with Crippen molar-refractivity contribution in [1.82, 2.24) is 20.5 Å². The number of amides is 1. The third kappa shape index (κ3) is 3.24. The molecule has 0 fully saturated rings. The van der Waals surface area contributed by atoms with Crippen LogP contribution in [0.5, 0.6) is 0 Å². The summed E-state index contributed by atoms with van der Waals surface area (Å²) in [6.45, 7) is 4.76. The first kappa shape index (κ1) is 17.1. The summed E-state index contributed by atoms with van der Waals surface area (Å²) in [7, 11) is 0. The largest absolute Gasteiger partial charge is 0.358 e. The number of aromatic nitrogens is 3. The van der Waals surface area contributed by atoms with Crippen molar-refractivity contribution in [2.75, 3.05) is 6.54 Å². The van der Waals surface area contributed by atoms with Crippen molar-refractivity contribution in [2.24, 2.45) is 0 Å². The molecule has 5 heteroatoms. The van der Waals surface area contributed by atoms with Gasteiger partial charge in [0.1, 0.15) is 0 Å². The molecule has 0 saturated heterocycles. The first-order valence-corrected chi connectivity index (χ1v) is 9.09. The number of carbonyl (C=O) groups is 1. The molecule has 0 aliphatic rings. The highest BCUT2D eigenvalue weighted by molar-refractivity contribution is 5.99. The van der Waals surface area contributed by atoms with Crippen molar-refractivity contribution in [2.45, 2.75) is 20.3 Å². The maximum atomic E-state index is 12.7. The number of hydrogen-bond donors (Lipinski definition) is 3. The molecule has 136 valence electrons. The van der Waals surface area contributed by atoms with Crippen LogP contribution in [0.1, 0.15) is 27.2 Å². The van der Waals surface area contributed by atoms with Gasteiger partial charge in [0.15, 0.2) is 0 Å². The van der Waals surface area contributed by atoms with Gasteiger partial charge in [-0.15, -0.1) is 0 Å². The summed E-state index contributed by atoms with van der Waals surface area (Å²) >= 11 is 0. The lowest BCUT2D eigenvalue weighted by atomic mass is 10.1. The predicted octanol–water partition coefficient (Wildman–Crippen LogP) is 4.15. The van der Waals surface area contributed by atoms with Crippen molar-refractivity contribution in [3.63, 3.8) is 0 Å². The molecule has 2 heterocycles. The van der Waals surface area contributed by atoms with Crippen LogP contribution in [0.25, 0.3) is 22.2 Å². The predicted molar refractivity (Wildman–Crippen MR) is 108 cm³/mol. The molecule has 0 unspecified atom stereocenters. The number of carbonyl (C=O) groups excluding carboxylic acids is 1. The fourth-order valence-corrected chi connectivity index (χ4v) is 3.55. The highest BCUT2D eigenvalue weighted by atomic mass is 16.1. The molecule has 5 nitrogen and oxygen atoms in total. The van der Waals surface area contributed by atoms with Crippen LogP contribution in [0, 0.1) is 13.8 Å². The first-order valence-electron chi connectivity index (χ1n) is 9.09. The molecule has 0 aliphatic carbocycles. The second-order valence-electron chi connectivity index (χ2n) is 6.76. The van der Waals surface area contributed by atoms with E-state index in [1.54, 1.807) is 6.20 Å². The molecular formula is C22H22N4O. The molecule has 27 heavy (non-hydrogen) atoms. The van der Waals surface area contributed by atoms with Crippen LogP contribution >= 0.6 is 0 Å². The van der Waals surface area contributed by atoms with Crippen LogP contribution in [-0.2, 0) is 6.42 Å². The third-order valence-corrected chi connectivity index (χ3v) is 4.97. The standard InChI is InChI=1S/C22H22N4O/c1-14-7-6-10-18-17(15(2)25-20(14)18)11-12-23-22(27)19-13-24-26-21(19)16-8-4-3-5-9-16/h3-10,13,25H,11-12H2,1-2H3,(H,23,27)(H,24,26). The number of rotatable bonds is 5. The van der Waals surface area contributed by atoms with Crippen molar-refractivity contribution < 1.29 is 4.79 Å². The second-order valence-corrected chi connectivity index (χ2v) is 6.76. The van der Waals surface area contributed by atoms with Gasteiger partial charge in [0.05, 0.1) is 17.5 Å². The zero-order valence-corrected chi connectivity index (χ0v) is 15.5. The molecule has 0 spiro atoms. The SMILES string of the molecule is Cc1[nH]c2c(C)cccc2c1CCNC(=O)c1cn[nH]c1-c1ccccc1. The summed E-state index contributed by atoms with van der Waals surface area (Å²) < 4.78 is 0. The molecule has 4 rings (SSSR count). The summed E-state index contributed by atoms with van der Waals surface area (Å²) in [6.07, 6.45) is 2.36. The number of aryl methyl sites for hydroxylation is 2. The maximum Gasteiger partial charge on any atom is 0.255 e. The van der Waals surface area contributed by atoms with E-state index in [9.17, 15) is 4.79 Å². The van der Waals surface area contributed by atoms with Gasteiger partial charge >= 0.3 is 0 Å². The van der Waals surface area contributed by atoms with E-state index in [4.69, 9.17) is 0 Å². The number of para-hydroxylation sites is 1. The molecule has 0 atom stereocenters. The van der Waals surface area contributed by atoms with Crippen molar-refractivity contribution >= 4 is 16.8 Å². The smallest absolute Gasteiger partial charge is 0.255 e. The van der Waals surface area contributed by atoms with Crippen molar-refractivity contribution in [1.29, 1.82) is 0 Å². The number of aromatic amines is 2. The number of fused-ring (bicyclic) bond motifs is 1. The van der Waals surface area contributed by atoms with Gasteiger partial charge in [0, 0.05) is 28.7 Å². The Bertz CT molecular complexity index is 1090. The molecule has 2 aromatic carbocycles. The van der Waals surface area contributed by atoms with E-state index < -0.39 is 0 Å². The summed E-state index contributed by atoms with van der Waals surface area (Å²) in [5.41, 5.74) is 7.07. The fraction of sp³-hybridized carbons (Fsp3) is 0.182. The van der Waals surface area contributed by atoms with Crippen molar-refractivity contribution in [3.8, 4) is 11.3 Å². The van der Waals surface area contributed by atoms with E-state index in [1.807, 2.05) is 30.3 Å². The van der Waals surface area contributed by atoms with E-state index in [0.29, 0.717) is 12.1 Å². The summed E-state index contributed by atoms with van der Waals surface area (Å²) in [4.78, 5) is 16.1. The second kappa shape index (κ2) is 7.11. The Morgan fingerprint density at radius 1 is 1.07 bits per heavy atom. The van der Waals surface area contributed by atoms with Gasteiger partial charge < -0.3 is 10.3 Å². The number of H-pyrrole nitrogens is 2. The average Bonchev–Trinajstić information content (AvgIpc) is 3.29. The highest BCUT2D eigenvalue weighted by Gasteiger charge is 2.15. The minimum Gasteiger partial charge on any atom is -0.358 e. The Morgan fingerprint density at radius 3 is 2.70 bits per heavy atom. The zero-order chi connectivity index (χ0) is 18.8. The van der Waals surface area contributed by atoms with Crippen LogP contribution in [0.4, 0.5) is 0 Å². The molecular weight excluding hydrogens is 336 g/mol. The Morgan fingerprint density at radius 2 is 1.89 bits per heavy atom. The topological polar surface area (TPSA) is 73.6 Å². The van der Waals surface area contributed by atoms with E-state index in [1.165, 1.54) is 22.0 Å². The van der Waals surface area contributed by atoms with Crippen LogP contribution in [0.2, 0.25) is 0 Å². The van der Waals surface area contributed by atoms with Crippen LogP contribution in [0.3, 0.4) is 0 Å². The zero-order valence-electron chi connectivity index (χ0n) is 15.5. The molecule has 0 bridgehead atoms. The molecule has 0 saturated carbocycles. The van der Waals surface area contributed by atoms with Gasteiger partial charge in [-0.1, -0.05) is 48.5 Å². The third-order valence-electron chi connectivity index (χ3n) is 4.97. The summed E-state index contributed by atoms with van der Waals surface area (Å²) in [5.74, 6) is -0.115. The average molecular weight is 358 g/mol. The van der Waals surface area contributed by atoms with Gasteiger partial charge in [-0.2, -0.15) is 5.10 Å². The van der Waals surface area contributed by atoms with Crippen LogP contribution in [-0.4, -0.2) is 27.6 Å². The highest BCUT2D eigenvalue weighted by Crippen LogP contribution is 2.25. The lowest BCUT2D eigenvalue weighted by molar-refractivity contribution is 0.0955. The van der Waals surface area contributed by atoms with E-state index in [-0.39, 0.29) is 5.91 Å². The molecule has 0 radical (unpaired) electrons. The monoisotopic (exact) mass is 358 g/mol. The minimum atomic E-state index is -0.115. The first-order chi connectivity index (χ1) is 13.1. The summed E-state index contributed by atoms with van der Waals surface area (Å²) in [6, 6.07) is 16.1. The lowest BCUT2D eigenvalue weighted by Crippen LogP contribution is -2.26. The Labute approximate surface area is 157 Å². The minimum absolute atomic E-state index is 0.115. The van der Waals surface area contributed by atoms with Gasteiger partial charge in [-0.05, 0) is 31.4 Å². The van der Waals surface area contributed by atoms with Crippen LogP contribution < -0.4 is 5.32 Å². The molecule has 3 N–H and O–H groups in total. The summed E-state index contributed by atoms with van der Waals surface area (Å²) in [5, 5.41) is 11.2. The van der Waals surface area contributed by atoms with Gasteiger partial charge in [-0.25, -0.2) is 0 Å². The number of nitrogens with one attached hydrogen (secondary N) is 3. The Hall–Kier alpha value is -3.34. The van der Waals surface area contributed by atoms with E-state index >= 15 is 0 Å². The molecule has 4 aromatic rings. The van der Waals surface area contributed by atoms with Crippen molar-refractivity contribution in [3.05, 3.63) is 77.1 Å². The lowest BCUT2D eigenvalue weighted by Gasteiger charge is -2.07. The number of hydrogen-bond acceptors (Lipinski definition) is 2. The molecule has 1 amide bonds. The molecule has 0 aliphatic heterocycles. The molecule has 2 aromatic heterocycles. The van der Waals surface area contributed by atoms with E-state index in [2.05, 4.69) is 52.5 Å². The van der Waals surface area contributed by atoms with Crippen LogP contribution in [0.15, 0.2) is 54.7 Å². The maximum absolute atomic E-state index is 12.7. The number of benzene rings is 2. The number of nitrogens with zero attached hydrogens (tertiary/aromatic N) is 1. The van der Waals surface area contributed by atoms with E-state index in [0.717, 1.165) is 23.4 Å².